The summed E-state index contributed by atoms with van der Waals surface area (Å²) in [5.74, 6) is 3.66. The first-order chi connectivity index (χ1) is 19.7. The van der Waals surface area contributed by atoms with E-state index in [1.54, 1.807) is 0 Å². The molecule has 0 aromatic heterocycles. The summed E-state index contributed by atoms with van der Waals surface area (Å²) in [7, 11) is 0. The lowest BCUT2D eigenvalue weighted by molar-refractivity contribution is 0.188. The first-order valence-electron chi connectivity index (χ1n) is 13.8. The highest BCUT2D eigenvalue weighted by Crippen LogP contribution is 2.27. The maximum atomic E-state index is 6.02. The minimum Gasteiger partial charge on any atom is -0.493 e. The molecule has 206 valence electrons. The standard InChI is InChI=1S/C34H34O6/c1-24(18-35-29-10-2-25(3-11-29)27-6-14-31(15-7-27)37-20-33-22-39-33)19-36-30-12-4-26(5-13-30)28-8-16-32(17-9-28)38-21-34-23-40-34/h2-17,24,33-34H,18-23H2,1H3. The smallest absolute Gasteiger partial charge is 0.119 e. The Kier molecular flexibility index (Phi) is 8.17. The van der Waals surface area contributed by atoms with E-state index in [1.165, 1.54) is 0 Å². The highest BCUT2D eigenvalue weighted by atomic mass is 16.6. The second-order valence-electron chi connectivity index (χ2n) is 10.4. The van der Waals surface area contributed by atoms with Crippen molar-refractivity contribution in [2.75, 3.05) is 39.6 Å². The van der Waals surface area contributed by atoms with Crippen LogP contribution in [0.4, 0.5) is 0 Å². The SMILES string of the molecule is CC(COc1ccc(-c2ccc(OCC3CO3)cc2)cc1)COc1ccc(-c2ccc(OCC3CO3)cc2)cc1. The van der Waals surface area contributed by atoms with Crippen molar-refractivity contribution in [3.63, 3.8) is 0 Å². The Bertz CT molecular complexity index is 1230. The molecule has 2 aliphatic heterocycles. The van der Waals surface area contributed by atoms with Crippen LogP contribution < -0.4 is 18.9 Å². The number of hydrogen-bond acceptors (Lipinski definition) is 6. The van der Waals surface area contributed by atoms with E-state index >= 15 is 0 Å². The number of benzene rings is 4. The summed E-state index contributed by atoms with van der Waals surface area (Å²) in [4.78, 5) is 0. The van der Waals surface area contributed by atoms with Crippen molar-refractivity contribution in [2.24, 2.45) is 5.92 Å². The lowest BCUT2D eigenvalue weighted by atomic mass is 10.1. The fourth-order valence-corrected chi connectivity index (χ4v) is 4.21. The maximum Gasteiger partial charge on any atom is 0.119 e. The van der Waals surface area contributed by atoms with Gasteiger partial charge < -0.3 is 28.4 Å². The van der Waals surface area contributed by atoms with Crippen LogP contribution in [0.5, 0.6) is 23.0 Å². The van der Waals surface area contributed by atoms with Gasteiger partial charge in [0.1, 0.15) is 48.4 Å². The molecule has 0 spiro atoms. The third kappa shape index (κ3) is 7.56. The summed E-state index contributed by atoms with van der Waals surface area (Å²) in [5, 5.41) is 0. The normalized spacial score (nSPS) is 18.0. The van der Waals surface area contributed by atoms with Crippen molar-refractivity contribution in [1.82, 2.24) is 0 Å². The molecule has 4 aromatic rings. The van der Waals surface area contributed by atoms with Gasteiger partial charge in [-0.05, 0) is 70.8 Å². The molecule has 4 aromatic carbocycles. The highest BCUT2D eigenvalue weighted by Gasteiger charge is 2.23. The molecular formula is C34H34O6. The molecule has 0 amide bonds. The zero-order valence-electron chi connectivity index (χ0n) is 22.7. The molecule has 2 saturated heterocycles. The monoisotopic (exact) mass is 538 g/mol. The van der Waals surface area contributed by atoms with E-state index in [0.29, 0.717) is 26.4 Å². The summed E-state index contributed by atoms with van der Waals surface area (Å²) in [6.07, 6.45) is 0.521. The summed E-state index contributed by atoms with van der Waals surface area (Å²) in [6.45, 7) is 6.12. The summed E-state index contributed by atoms with van der Waals surface area (Å²) in [6, 6.07) is 32.6. The highest BCUT2D eigenvalue weighted by molar-refractivity contribution is 5.65. The molecule has 6 heteroatoms. The molecule has 2 aliphatic rings. The molecule has 0 radical (unpaired) electrons. The minimum absolute atomic E-state index is 0.238. The van der Waals surface area contributed by atoms with Crippen LogP contribution in [-0.2, 0) is 9.47 Å². The fraction of sp³-hybridized carbons (Fsp3) is 0.294. The van der Waals surface area contributed by atoms with Crippen molar-refractivity contribution >= 4 is 0 Å². The number of hydrogen-bond donors (Lipinski definition) is 0. The van der Waals surface area contributed by atoms with Crippen molar-refractivity contribution in [3.05, 3.63) is 97.1 Å². The van der Waals surface area contributed by atoms with Gasteiger partial charge in [0.2, 0.25) is 0 Å². The van der Waals surface area contributed by atoms with Gasteiger partial charge in [0.25, 0.3) is 0 Å². The van der Waals surface area contributed by atoms with Crippen LogP contribution in [0, 0.1) is 5.92 Å². The van der Waals surface area contributed by atoms with Crippen LogP contribution in [0.1, 0.15) is 6.92 Å². The molecule has 0 saturated carbocycles. The Morgan fingerprint density at radius 2 is 0.775 bits per heavy atom. The van der Waals surface area contributed by atoms with Crippen LogP contribution in [0.3, 0.4) is 0 Å². The average Bonchev–Trinajstić information content (AvgIpc) is 3.94. The van der Waals surface area contributed by atoms with Gasteiger partial charge >= 0.3 is 0 Å². The quantitative estimate of drug-likeness (QED) is 0.167. The van der Waals surface area contributed by atoms with Gasteiger partial charge in [-0.2, -0.15) is 0 Å². The van der Waals surface area contributed by atoms with E-state index in [9.17, 15) is 0 Å². The maximum absolute atomic E-state index is 6.02. The average molecular weight is 539 g/mol. The van der Waals surface area contributed by atoms with Gasteiger partial charge in [-0.3, -0.25) is 0 Å². The van der Waals surface area contributed by atoms with Crippen LogP contribution in [0.15, 0.2) is 97.1 Å². The first-order valence-corrected chi connectivity index (χ1v) is 13.8. The number of epoxide rings is 2. The fourth-order valence-electron chi connectivity index (χ4n) is 4.21. The van der Waals surface area contributed by atoms with Crippen molar-refractivity contribution in [1.29, 1.82) is 0 Å². The lowest BCUT2D eigenvalue weighted by Gasteiger charge is -2.15. The van der Waals surface area contributed by atoms with Crippen molar-refractivity contribution < 1.29 is 28.4 Å². The second-order valence-corrected chi connectivity index (χ2v) is 10.4. The van der Waals surface area contributed by atoms with E-state index in [-0.39, 0.29) is 18.1 Å². The molecule has 40 heavy (non-hydrogen) atoms. The topological polar surface area (TPSA) is 62.0 Å². The van der Waals surface area contributed by atoms with Gasteiger partial charge in [0.15, 0.2) is 0 Å². The molecule has 0 aliphatic carbocycles. The van der Waals surface area contributed by atoms with Crippen LogP contribution in [0.2, 0.25) is 0 Å². The van der Waals surface area contributed by atoms with Gasteiger partial charge in [-0.1, -0.05) is 55.5 Å². The Hall–Kier alpha value is -4.00. The molecule has 0 bridgehead atoms. The van der Waals surface area contributed by atoms with E-state index in [4.69, 9.17) is 28.4 Å². The summed E-state index contributed by atoms with van der Waals surface area (Å²) < 4.78 is 33.8. The molecule has 2 unspecified atom stereocenters. The summed E-state index contributed by atoms with van der Waals surface area (Å²) >= 11 is 0. The van der Waals surface area contributed by atoms with Gasteiger partial charge in [0, 0.05) is 5.92 Å². The van der Waals surface area contributed by atoms with Gasteiger partial charge in [-0.25, -0.2) is 0 Å². The number of rotatable bonds is 14. The van der Waals surface area contributed by atoms with Crippen LogP contribution in [-0.4, -0.2) is 51.8 Å². The second kappa shape index (κ2) is 12.5. The van der Waals surface area contributed by atoms with E-state index in [2.05, 4.69) is 55.5 Å². The molecule has 6 rings (SSSR count). The molecule has 6 nitrogen and oxygen atoms in total. The summed E-state index contributed by atoms with van der Waals surface area (Å²) in [5.41, 5.74) is 4.55. The van der Waals surface area contributed by atoms with Gasteiger partial charge in [-0.15, -0.1) is 0 Å². The molecular weight excluding hydrogens is 504 g/mol. The Balaban J connectivity index is 0.924. The van der Waals surface area contributed by atoms with E-state index in [0.717, 1.165) is 58.5 Å². The first kappa shape index (κ1) is 26.2. The Labute approximate surface area is 235 Å². The zero-order chi connectivity index (χ0) is 27.1. The largest absolute Gasteiger partial charge is 0.493 e. The van der Waals surface area contributed by atoms with Crippen LogP contribution in [0.25, 0.3) is 22.3 Å². The molecule has 2 atom stereocenters. The Morgan fingerprint density at radius 3 is 1.05 bits per heavy atom. The number of ether oxygens (including phenoxy) is 6. The van der Waals surface area contributed by atoms with E-state index < -0.39 is 0 Å². The third-order valence-corrected chi connectivity index (χ3v) is 6.83. The third-order valence-electron chi connectivity index (χ3n) is 6.83. The minimum atomic E-state index is 0.238. The van der Waals surface area contributed by atoms with Crippen LogP contribution >= 0.6 is 0 Å². The molecule has 2 heterocycles. The predicted octanol–water partition coefficient (Wildman–Crippen LogP) is 6.67. The predicted molar refractivity (Wildman–Crippen MR) is 154 cm³/mol. The zero-order valence-corrected chi connectivity index (χ0v) is 22.7. The molecule has 2 fully saturated rings. The van der Waals surface area contributed by atoms with Gasteiger partial charge in [0.05, 0.1) is 26.4 Å². The van der Waals surface area contributed by atoms with Crippen molar-refractivity contribution in [2.45, 2.75) is 19.1 Å². The van der Waals surface area contributed by atoms with E-state index in [1.807, 2.05) is 48.5 Å². The molecule has 0 N–H and O–H groups in total. The van der Waals surface area contributed by atoms with Crippen molar-refractivity contribution in [3.8, 4) is 45.3 Å². The Morgan fingerprint density at radius 1 is 0.500 bits per heavy atom. The lowest BCUT2D eigenvalue weighted by Crippen LogP contribution is -2.16.